The van der Waals surface area contributed by atoms with Crippen LogP contribution in [-0.2, 0) is 0 Å². The van der Waals surface area contributed by atoms with Crippen LogP contribution in [-0.4, -0.2) is 16.1 Å². The summed E-state index contributed by atoms with van der Waals surface area (Å²) < 4.78 is 0. The van der Waals surface area contributed by atoms with Crippen molar-refractivity contribution in [2.24, 2.45) is 5.73 Å². The molecule has 1 aromatic carbocycles. The third kappa shape index (κ3) is 2.02. The first-order valence-corrected chi connectivity index (χ1v) is 5.19. The quantitative estimate of drug-likeness (QED) is 0.834. The normalized spacial score (nSPS) is 10.2. The molecule has 76 valence electrons. The second kappa shape index (κ2) is 3.78. The second-order valence-electron chi connectivity index (χ2n) is 3.15. The zero-order chi connectivity index (χ0) is 10.8. The Bertz CT molecular complexity index is 507. The summed E-state index contributed by atoms with van der Waals surface area (Å²) in [6.07, 6.45) is 0. The summed E-state index contributed by atoms with van der Waals surface area (Å²) in [6, 6.07) is 7.86. The van der Waals surface area contributed by atoms with Crippen molar-refractivity contribution in [1.82, 2.24) is 10.2 Å². The fourth-order valence-electron chi connectivity index (χ4n) is 1.22. The van der Waals surface area contributed by atoms with Gasteiger partial charge in [-0.05, 0) is 13.0 Å². The van der Waals surface area contributed by atoms with Gasteiger partial charge in [-0.15, -0.1) is 10.2 Å². The van der Waals surface area contributed by atoms with Crippen LogP contribution in [0.5, 0.6) is 0 Å². The maximum atomic E-state index is 10.8. The number of aryl methyl sites for hydroxylation is 1. The number of rotatable bonds is 2. The van der Waals surface area contributed by atoms with E-state index >= 15 is 0 Å². The van der Waals surface area contributed by atoms with Gasteiger partial charge in [-0.2, -0.15) is 0 Å². The van der Waals surface area contributed by atoms with Crippen molar-refractivity contribution in [2.45, 2.75) is 6.92 Å². The summed E-state index contributed by atoms with van der Waals surface area (Å²) in [5.41, 5.74) is 7.20. The molecule has 15 heavy (non-hydrogen) atoms. The van der Waals surface area contributed by atoms with Crippen LogP contribution in [0, 0.1) is 6.92 Å². The highest BCUT2D eigenvalue weighted by atomic mass is 32.1. The van der Waals surface area contributed by atoms with Crippen molar-refractivity contribution in [2.75, 3.05) is 0 Å². The molecule has 0 saturated carbocycles. The molecule has 0 spiro atoms. The Morgan fingerprint density at radius 1 is 1.40 bits per heavy atom. The molecule has 0 aliphatic carbocycles. The largest absolute Gasteiger partial charge is 0.363 e. The monoisotopic (exact) mass is 219 g/mol. The highest BCUT2D eigenvalue weighted by molar-refractivity contribution is 7.16. The molecule has 0 atom stereocenters. The van der Waals surface area contributed by atoms with Gasteiger partial charge in [0.2, 0.25) is 5.01 Å². The van der Waals surface area contributed by atoms with E-state index in [1.54, 1.807) is 0 Å². The van der Waals surface area contributed by atoms with E-state index in [9.17, 15) is 4.79 Å². The molecule has 0 saturated heterocycles. The zero-order valence-corrected chi connectivity index (χ0v) is 8.91. The fourth-order valence-corrected chi connectivity index (χ4v) is 1.91. The van der Waals surface area contributed by atoms with E-state index in [0.29, 0.717) is 5.01 Å². The van der Waals surface area contributed by atoms with Crippen LogP contribution >= 0.6 is 11.3 Å². The Morgan fingerprint density at radius 2 is 2.20 bits per heavy atom. The number of primary amides is 1. The molecule has 1 amide bonds. The number of nitrogens with zero attached hydrogens (tertiary/aromatic N) is 2. The molecule has 1 heterocycles. The van der Waals surface area contributed by atoms with Gasteiger partial charge in [-0.25, -0.2) is 0 Å². The van der Waals surface area contributed by atoms with Crippen molar-refractivity contribution >= 4 is 17.2 Å². The number of benzene rings is 1. The number of hydrogen-bond donors (Lipinski definition) is 1. The summed E-state index contributed by atoms with van der Waals surface area (Å²) in [5.74, 6) is -0.536. The van der Waals surface area contributed by atoms with Gasteiger partial charge < -0.3 is 5.73 Å². The second-order valence-corrected chi connectivity index (χ2v) is 4.12. The fraction of sp³-hybridized carbons (Fsp3) is 0.100. The van der Waals surface area contributed by atoms with Crippen LogP contribution in [0.2, 0.25) is 0 Å². The smallest absolute Gasteiger partial charge is 0.279 e. The van der Waals surface area contributed by atoms with E-state index in [2.05, 4.69) is 10.2 Å². The number of aromatic nitrogens is 2. The lowest BCUT2D eigenvalue weighted by molar-refractivity contribution is 0.0999. The molecular formula is C10H9N3OS. The Balaban J connectivity index is 2.41. The van der Waals surface area contributed by atoms with Gasteiger partial charge in [0.25, 0.3) is 5.91 Å². The first-order chi connectivity index (χ1) is 7.16. The molecule has 2 N–H and O–H groups in total. The molecule has 0 bridgehead atoms. The minimum absolute atomic E-state index is 0.242. The third-order valence-electron chi connectivity index (χ3n) is 1.90. The standard InChI is InChI=1S/C10H9N3OS/c1-6-3-2-4-7(5-6)9-12-13-10(15-9)8(11)14/h2-5H,1H3,(H2,11,14). The SMILES string of the molecule is Cc1cccc(-c2nnc(C(N)=O)s2)c1. The van der Waals surface area contributed by atoms with Gasteiger partial charge in [-0.3, -0.25) is 4.79 Å². The lowest BCUT2D eigenvalue weighted by Crippen LogP contribution is -2.10. The number of carbonyl (C=O) groups is 1. The van der Waals surface area contributed by atoms with Crippen molar-refractivity contribution < 1.29 is 4.79 Å². The molecule has 2 aromatic rings. The molecule has 1 aromatic heterocycles. The maximum Gasteiger partial charge on any atom is 0.279 e. The number of hydrogen-bond acceptors (Lipinski definition) is 4. The van der Waals surface area contributed by atoms with Gasteiger partial charge >= 0.3 is 0 Å². The van der Waals surface area contributed by atoms with E-state index in [1.165, 1.54) is 11.3 Å². The summed E-state index contributed by atoms with van der Waals surface area (Å²) in [6.45, 7) is 2.00. The van der Waals surface area contributed by atoms with Gasteiger partial charge in [0.05, 0.1) is 0 Å². The van der Waals surface area contributed by atoms with Crippen LogP contribution in [0.15, 0.2) is 24.3 Å². The Labute approximate surface area is 90.8 Å². The lowest BCUT2D eigenvalue weighted by Gasteiger charge is -1.95. The van der Waals surface area contributed by atoms with E-state index in [-0.39, 0.29) is 5.01 Å². The summed E-state index contributed by atoms with van der Waals surface area (Å²) >= 11 is 1.21. The molecule has 0 aliphatic heterocycles. The summed E-state index contributed by atoms with van der Waals surface area (Å²) in [7, 11) is 0. The number of amides is 1. The van der Waals surface area contributed by atoms with Gasteiger partial charge in [0, 0.05) is 5.56 Å². The van der Waals surface area contributed by atoms with Crippen LogP contribution < -0.4 is 5.73 Å². The Morgan fingerprint density at radius 3 is 2.80 bits per heavy atom. The average Bonchev–Trinajstić information content (AvgIpc) is 2.66. The van der Waals surface area contributed by atoms with Crippen molar-refractivity contribution in [3.8, 4) is 10.6 Å². The number of nitrogens with two attached hydrogens (primary N) is 1. The van der Waals surface area contributed by atoms with Gasteiger partial charge in [0.15, 0.2) is 0 Å². The molecule has 5 heteroatoms. The molecule has 0 aliphatic rings. The minimum Gasteiger partial charge on any atom is -0.363 e. The van der Waals surface area contributed by atoms with Crippen LogP contribution in [0.25, 0.3) is 10.6 Å². The molecule has 2 rings (SSSR count). The van der Waals surface area contributed by atoms with Gasteiger partial charge in [-0.1, -0.05) is 35.1 Å². The maximum absolute atomic E-state index is 10.8. The lowest BCUT2D eigenvalue weighted by atomic mass is 10.1. The van der Waals surface area contributed by atoms with E-state index in [1.807, 2.05) is 31.2 Å². The third-order valence-corrected chi connectivity index (χ3v) is 2.89. The van der Waals surface area contributed by atoms with E-state index < -0.39 is 5.91 Å². The van der Waals surface area contributed by atoms with E-state index in [4.69, 9.17) is 5.73 Å². The topological polar surface area (TPSA) is 68.9 Å². The molecule has 0 unspecified atom stereocenters. The summed E-state index contributed by atoms with van der Waals surface area (Å²) in [4.78, 5) is 10.8. The van der Waals surface area contributed by atoms with E-state index in [0.717, 1.165) is 11.1 Å². The predicted octanol–water partition coefficient (Wildman–Crippen LogP) is 1.61. The minimum atomic E-state index is -0.536. The van der Waals surface area contributed by atoms with Crippen molar-refractivity contribution in [3.05, 3.63) is 34.8 Å². The summed E-state index contributed by atoms with van der Waals surface area (Å²) in [5, 5.41) is 8.59. The van der Waals surface area contributed by atoms with Crippen LogP contribution in [0.1, 0.15) is 15.4 Å². The van der Waals surface area contributed by atoms with Gasteiger partial charge in [0.1, 0.15) is 5.01 Å². The highest BCUT2D eigenvalue weighted by Gasteiger charge is 2.10. The van der Waals surface area contributed by atoms with Crippen LogP contribution in [0.4, 0.5) is 0 Å². The molecular weight excluding hydrogens is 210 g/mol. The Kier molecular flexibility index (Phi) is 2.47. The molecule has 0 radical (unpaired) electrons. The molecule has 0 fully saturated rings. The zero-order valence-electron chi connectivity index (χ0n) is 8.10. The first-order valence-electron chi connectivity index (χ1n) is 4.37. The Hall–Kier alpha value is -1.75. The van der Waals surface area contributed by atoms with Crippen molar-refractivity contribution in [3.63, 3.8) is 0 Å². The van der Waals surface area contributed by atoms with Crippen LogP contribution in [0.3, 0.4) is 0 Å². The predicted molar refractivity (Wildman–Crippen MR) is 58.6 cm³/mol. The molecule has 4 nitrogen and oxygen atoms in total. The highest BCUT2D eigenvalue weighted by Crippen LogP contribution is 2.23. The average molecular weight is 219 g/mol. The first kappa shape index (κ1) is 9.79. The number of carbonyl (C=O) groups excluding carboxylic acids is 1. The van der Waals surface area contributed by atoms with Crippen molar-refractivity contribution in [1.29, 1.82) is 0 Å².